The van der Waals surface area contributed by atoms with Crippen LogP contribution in [-0.4, -0.2) is 43.5 Å². The predicted octanol–water partition coefficient (Wildman–Crippen LogP) is 3.26. The van der Waals surface area contributed by atoms with E-state index in [1.54, 1.807) is 0 Å². The maximum absolute atomic E-state index is 12.2. The van der Waals surface area contributed by atoms with Gasteiger partial charge < -0.3 is 15.4 Å². The minimum Gasteiger partial charge on any atom is -0.468 e. The molecule has 0 aliphatic carbocycles. The molecular weight excluding hydrogens is 469 g/mol. The molecule has 1 aromatic heterocycles. The monoisotopic (exact) mass is 486 g/mol. The normalized spacial score (nSPS) is 12.4. The molecule has 0 aliphatic heterocycles. The number of hydrogen-bond acceptors (Lipinski definition) is 3. The average molecular weight is 486 g/mol. The van der Waals surface area contributed by atoms with E-state index >= 15 is 0 Å². The maximum atomic E-state index is 12.2. The number of guanidine groups is 1. The highest BCUT2D eigenvalue weighted by molar-refractivity contribution is 14.0. The number of alkyl halides is 6. The summed E-state index contributed by atoms with van der Waals surface area (Å²) in [5.74, 6) is -0.141. The molecule has 0 bridgehead atoms. The average Bonchev–Trinajstić information content (AvgIpc) is 2.47. The zero-order valence-corrected chi connectivity index (χ0v) is 15.4. The van der Waals surface area contributed by atoms with E-state index in [4.69, 9.17) is 0 Å². The second-order valence-electron chi connectivity index (χ2n) is 4.59. The third-order valence-electron chi connectivity index (χ3n) is 2.59. The Morgan fingerprint density at radius 2 is 1.84 bits per heavy atom. The van der Waals surface area contributed by atoms with Crippen molar-refractivity contribution in [1.29, 1.82) is 0 Å². The van der Waals surface area contributed by atoms with E-state index in [0.717, 1.165) is 0 Å². The number of aliphatic imine (C=N–C) groups is 1. The summed E-state index contributed by atoms with van der Waals surface area (Å²) < 4.78 is 77.4. The first kappa shape index (κ1) is 23.5. The molecule has 2 N–H and O–H groups in total. The lowest BCUT2D eigenvalue weighted by molar-refractivity contribution is -0.154. The highest BCUT2D eigenvalue weighted by Gasteiger charge is 2.29. The van der Waals surface area contributed by atoms with Gasteiger partial charge in [-0.2, -0.15) is 26.3 Å². The Hall–Kier alpha value is -1.47. The van der Waals surface area contributed by atoms with Crippen molar-refractivity contribution in [1.82, 2.24) is 15.6 Å². The summed E-state index contributed by atoms with van der Waals surface area (Å²) in [6.07, 6.45) is -8.57. The standard InChI is InChI=1S/C13H16F6N4O.HI/c1-20-11(22-6-4-12(14,15)16)23-7-9-3-2-5-21-10(9)24-8-13(17,18)19;/h2-3,5H,4,6-8H2,1H3,(H2,20,22,23);1H. The first-order valence-electron chi connectivity index (χ1n) is 6.75. The summed E-state index contributed by atoms with van der Waals surface area (Å²) in [5, 5.41) is 5.13. The van der Waals surface area contributed by atoms with Crippen LogP contribution in [0.3, 0.4) is 0 Å². The van der Waals surface area contributed by atoms with E-state index in [2.05, 4.69) is 25.3 Å². The minimum atomic E-state index is -4.50. The van der Waals surface area contributed by atoms with Crippen LogP contribution in [0.1, 0.15) is 12.0 Å². The SMILES string of the molecule is CN=C(NCCC(F)(F)F)NCc1cccnc1OCC(F)(F)F.I. The van der Waals surface area contributed by atoms with Crippen molar-refractivity contribution < 1.29 is 31.1 Å². The predicted molar refractivity (Wildman–Crippen MR) is 90.1 cm³/mol. The van der Waals surface area contributed by atoms with E-state index < -0.39 is 25.4 Å². The van der Waals surface area contributed by atoms with E-state index in [1.807, 2.05) is 0 Å². The topological polar surface area (TPSA) is 58.5 Å². The van der Waals surface area contributed by atoms with Gasteiger partial charge in [-0.25, -0.2) is 4.98 Å². The Bertz CT molecular complexity index is 550. The van der Waals surface area contributed by atoms with Gasteiger partial charge in [0, 0.05) is 31.9 Å². The summed E-state index contributed by atoms with van der Waals surface area (Å²) in [6, 6.07) is 2.98. The van der Waals surface area contributed by atoms with Crippen LogP contribution < -0.4 is 15.4 Å². The number of pyridine rings is 1. The summed E-state index contributed by atoms with van der Waals surface area (Å²) in [5.41, 5.74) is 0.306. The Labute approximate surface area is 157 Å². The Balaban J connectivity index is 0.00000576. The quantitative estimate of drug-likeness (QED) is 0.281. The molecule has 0 aliphatic rings. The van der Waals surface area contributed by atoms with Crippen LogP contribution in [-0.2, 0) is 6.54 Å². The molecule has 0 saturated carbocycles. The minimum absolute atomic E-state index is 0. The molecular formula is C13H17F6IN4O. The number of hydrogen-bond donors (Lipinski definition) is 2. The van der Waals surface area contributed by atoms with Gasteiger partial charge in [-0.1, -0.05) is 6.07 Å². The largest absolute Gasteiger partial charge is 0.468 e. The number of halogens is 7. The van der Waals surface area contributed by atoms with Crippen molar-refractivity contribution in [3.63, 3.8) is 0 Å². The van der Waals surface area contributed by atoms with Gasteiger partial charge in [0.25, 0.3) is 0 Å². The van der Waals surface area contributed by atoms with Crippen LogP contribution >= 0.6 is 24.0 Å². The van der Waals surface area contributed by atoms with Crippen molar-refractivity contribution in [3.05, 3.63) is 23.9 Å². The van der Waals surface area contributed by atoms with Gasteiger partial charge in [-0.05, 0) is 6.07 Å². The van der Waals surface area contributed by atoms with Gasteiger partial charge in [0.2, 0.25) is 5.88 Å². The van der Waals surface area contributed by atoms with Crippen LogP contribution in [0.25, 0.3) is 0 Å². The van der Waals surface area contributed by atoms with Crippen molar-refractivity contribution in [2.75, 3.05) is 20.2 Å². The molecule has 0 aromatic carbocycles. The van der Waals surface area contributed by atoms with Gasteiger partial charge in [-0.15, -0.1) is 24.0 Å². The third kappa shape index (κ3) is 10.9. The number of nitrogens with zero attached hydrogens (tertiary/aromatic N) is 2. The van der Waals surface area contributed by atoms with Gasteiger partial charge in [0.05, 0.1) is 6.42 Å². The Morgan fingerprint density at radius 3 is 2.40 bits per heavy atom. The molecule has 0 atom stereocenters. The molecule has 0 amide bonds. The molecule has 1 aromatic rings. The van der Waals surface area contributed by atoms with Gasteiger partial charge in [0.1, 0.15) is 0 Å². The maximum Gasteiger partial charge on any atom is 0.422 e. The lowest BCUT2D eigenvalue weighted by atomic mass is 10.2. The van der Waals surface area contributed by atoms with Gasteiger partial charge in [0.15, 0.2) is 12.6 Å². The summed E-state index contributed by atoms with van der Waals surface area (Å²) in [4.78, 5) is 7.43. The summed E-state index contributed by atoms with van der Waals surface area (Å²) >= 11 is 0. The third-order valence-corrected chi connectivity index (χ3v) is 2.59. The fourth-order valence-corrected chi connectivity index (χ4v) is 1.56. The van der Waals surface area contributed by atoms with E-state index in [9.17, 15) is 26.3 Å². The Kier molecular flexibility index (Phi) is 9.89. The molecule has 144 valence electrons. The molecule has 12 heteroatoms. The second kappa shape index (κ2) is 10.5. The van der Waals surface area contributed by atoms with E-state index in [-0.39, 0.29) is 48.9 Å². The zero-order valence-electron chi connectivity index (χ0n) is 13.0. The number of rotatable bonds is 6. The van der Waals surface area contributed by atoms with Crippen LogP contribution in [0.5, 0.6) is 5.88 Å². The molecule has 1 rings (SSSR count). The van der Waals surface area contributed by atoms with Crippen molar-refractivity contribution in [2.24, 2.45) is 4.99 Å². The van der Waals surface area contributed by atoms with Crippen LogP contribution in [0.4, 0.5) is 26.3 Å². The Morgan fingerprint density at radius 1 is 1.16 bits per heavy atom. The molecule has 0 fully saturated rings. The van der Waals surface area contributed by atoms with E-state index in [0.29, 0.717) is 5.56 Å². The molecule has 1 heterocycles. The van der Waals surface area contributed by atoms with Gasteiger partial charge >= 0.3 is 12.4 Å². The van der Waals surface area contributed by atoms with Crippen LogP contribution in [0.15, 0.2) is 23.3 Å². The molecule has 5 nitrogen and oxygen atoms in total. The number of aromatic nitrogens is 1. The lowest BCUT2D eigenvalue weighted by Crippen LogP contribution is -2.38. The smallest absolute Gasteiger partial charge is 0.422 e. The molecule has 0 unspecified atom stereocenters. The van der Waals surface area contributed by atoms with Crippen LogP contribution in [0.2, 0.25) is 0 Å². The molecule has 0 radical (unpaired) electrons. The van der Waals surface area contributed by atoms with Crippen molar-refractivity contribution >= 4 is 29.9 Å². The first-order valence-corrected chi connectivity index (χ1v) is 6.75. The highest BCUT2D eigenvalue weighted by atomic mass is 127. The van der Waals surface area contributed by atoms with E-state index in [1.165, 1.54) is 25.4 Å². The van der Waals surface area contributed by atoms with Crippen molar-refractivity contribution in [2.45, 2.75) is 25.3 Å². The fraction of sp³-hybridized carbons (Fsp3) is 0.538. The number of nitrogens with one attached hydrogen (secondary N) is 2. The van der Waals surface area contributed by atoms with Gasteiger partial charge in [-0.3, -0.25) is 4.99 Å². The first-order chi connectivity index (χ1) is 11.1. The lowest BCUT2D eigenvalue weighted by Gasteiger charge is -2.15. The zero-order chi connectivity index (χ0) is 18.2. The molecule has 0 saturated heterocycles. The van der Waals surface area contributed by atoms with Crippen molar-refractivity contribution in [3.8, 4) is 5.88 Å². The van der Waals surface area contributed by atoms with Crippen LogP contribution in [0, 0.1) is 0 Å². The molecule has 0 spiro atoms. The fourth-order valence-electron chi connectivity index (χ4n) is 1.56. The summed E-state index contributed by atoms with van der Waals surface area (Å²) in [7, 11) is 1.35. The molecule has 25 heavy (non-hydrogen) atoms. The number of ether oxygens (including phenoxy) is 1. The summed E-state index contributed by atoms with van der Waals surface area (Å²) in [6.45, 7) is -1.89. The second-order valence-corrected chi connectivity index (χ2v) is 4.59. The highest BCUT2D eigenvalue weighted by Crippen LogP contribution is 2.20.